The van der Waals surface area contributed by atoms with Crippen LogP contribution in [0.3, 0.4) is 0 Å². The highest BCUT2D eigenvalue weighted by atomic mass is 35.5. The minimum atomic E-state index is -0.447. The molecular weight excluding hydrogens is 251 g/mol. The van der Waals surface area contributed by atoms with Crippen LogP contribution < -0.4 is 0 Å². The molecule has 0 aromatic heterocycles. The van der Waals surface area contributed by atoms with Gasteiger partial charge in [0, 0.05) is 11.1 Å². The van der Waals surface area contributed by atoms with Crippen LogP contribution >= 0.6 is 11.6 Å². The zero-order valence-corrected chi connectivity index (χ0v) is 10.9. The van der Waals surface area contributed by atoms with E-state index >= 15 is 0 Å². The van der Waals surface area contributed by atoms with E-state index in [1.54, 1.807) is 0 Å². The van der Waals surface area contributed by atoms with Crippen LogP contribution in [-0.4, -0.2) is 5.78 Å². The molecular formula is C15H12ClFO. The third kappa shape index (κ3) is 2.44. The average molecular weight is 263 g/mol. The fourth-order valence-electron chi connectivity index (χ4n) is 1.80. The van der Waals surface area contributed by atoms with E-state index in [0.29, 0.717) is 11.1 Å². The van der Waals surface area contributed by atoms with Gasteiger partial charge in [0.25, 0.3) is 0 Å². The van der Waals surface area contributed by atoms with Crippen molar-refractivity contribution in [2.75, 3.05) is 0 Å². The molecule has 0 atom stereocenters. The summed E-state index contributed by atoms with van der Waals surface area (Å²) in [4.78, 5) is 12.3. The molecule has 0 spiro atoms. The lowest BCUT2D eigenvalue weighted by Gasteiger charge is -2.07. The molecule has 1 nitrogen and oxygen atoms in total. The summed E-state index contributed by atoms with van der Waals surface area (Å²) in [5, 5.41) is 0.140. The summed E-state index contributed by atoms with van der Waals surface area (Å²) in [7, 11) is 0. The van der Waals surface area contributed by atoms with Crippen LogP contribution in [-0.2, 0) is 0 Å². The highest BCUT2D eigenvalue weighted by Gasteiger charge is 2.15. The summed E-state index contributed by atoms with van der Waals surface area (Å²) in [6.45, 7) is 3.78. The Bertz CT molecular complexity index is 620. The van der Waals surface area contributed by atoms with Gasteiger partial charge in [-0.2, -0.15) is 0 Å². The summed E-state index contributed by atoms with van der Waals surface area (Å²) in [5.74, 6) is -0.626. The Balaban J connectivity index is 2.51. The van der Waals surface area contributed by atoms with Gasteiger partial charge < -0.3 is 0 Å². The monoisotopic (exact) mass is 262 g/mol. The maximum atomic E-state index is 13.0. The number of hydrogen-bond acceptors (Lipinski definition) is 1. The molecule has 0 aliphatic heterocycles. The molecule has 0 amide bonds. The molecule has 2 rings (SSSR count). The molecule has 0 unspecified atom stereocenters. The molecule has 0 N–H and O–H groups in total. The van der Waals surface area contributed by atoms with Crippen LogP contribution in [0.15, 0.2) is 36.4 Å². The summed E-state index contributed by atoms with van der Waals surface area (Å²) < 4.78 is 13.0. The zero-order valence-electron chi connectivity index (χ0n) is 10.1. The van der Waals surface area contributed by atoms with Gasteiger partial charge in [-0.25, -0.2) is 4.39 Å². The predicted octanol–water partition coefficient (Wildman–Crippen LogP) is 4.33. The predicted molar refractivity (Wildman–Crippen MR) is 70.8 cm³/mol. The molecule has 0 aliphatic carbocycles. The number of carbonyl (C=O) groups is 1. The van der Waals surface area contributed by atoms with Crippen LogP contribution in [0.25, 0.3) is 0 Å². The smallest absolute Gasteiger partial charge is 0.194 e. The van der Waals surface area contributed by atoms with Gasteiger partial charge in [-0.05, 0) is 43.7 Å². The van der Waals surface area contributed by atoms with Crippen LogP contribution in [0.2, 0.25) is 5.02 Å². The number of halogens is 2. The van der Waals surface area contributed by atoms with Gasteiger partial charge in [-0.1, -0.05) is 29.3 Å². The van der Waals surface area contributed by atoms with Gasteiger partial charge in [0.1, 0.15) is 5.82 Å². The number of rotatable bonds is 2. The Labute approximate surface area is 110 Å². The standard InChI is InChI=1S/C15H12ClFO/c1-9-3-4-10(2)13(7-9)15(18)12-6-5-11(17)8-14(12)16/h3-8H,1-2H3. The van der Waals surface area contributed by atoms with E-state index in [9.17, 15) is 9.18 Å². The highest BCUT2D eigenvalue weighted by Crippen LogP contribution is 2.22. The number of ketones is 1. The fraction of sp³-hybridized carbons (Fsp3) is 0.133. The molecule has 0 saturated heterocycles. The van der Waals surface area contributed by atoms with Crippen molar-refractivity contribution in [3.8, 4) is 0 Å². The lowest BCUT2D eigenvalue weighted by atomic mass is 9.97. The van der Waals surface area contributed by atoms with E-state index < -0.39 is 5.82 Å². The summed E-state index contributed by atoms with van der Waals surface area (Å²) in [6, 6.07) is 9.46. The molecule has 2 aromatic rings. The molecule has 0 aliphatic rings. The molecule has 18 heavy (non-hydrogen) atoms. The van der Waals surface area contributed by atoms with Gasteiger partial charge in [-0.15, -0.1) is 0 Å². The minimum absolute atomic E-state index is 0.140. The first-order valence-electron chi connectivity index (χ1n) is 5.56. The van der Waals surface area contributed by atoms with E-state index in [2.05, 4.69) is 0 Å². The van der Waals surface area contributed by atoms with E-state index in [-0.39, 0.29) is 10.8 Å². The Hall–Kier alpha value is -1.67. The van der Waals surface area contributed by atoms with Crippen molar-refractivity contribution in [2.24, 2.45) is 0 Å². The van der Waals surface area contributed by atoms with Crippen LogP contribution in [0.4, 0.5) is 4.39 Å². The number of hydrogen-bond donors (Lipinski definition) is 0. The Kier molecular flexibility index (Phi) is 3.48. The van der Waals surface area contributed by atoms with Crippen LogP contribution in [0.5, 0.6) is 0 Å². The van der Waals surface area contributed by atoms with Crippen LogP contribution in [0, 0.1) is 19.7 Å². The Morgan fingerprint density at radius 3 is 2.44 bits per heavy atom. The number of benzene rings is 2. The maximum absolute atomic E-state index is 13.0. The van der Waals surface area contributed by atoms with Gasteiger partial charge in [-0.3, -0.25) is 4.79 Å². The van der Waals surface area contributed by atoms with E-state index in [4.69, 9.17) is 11.6 Å². The van der Waals surface area contributed by atoms with Gasteiger partial charge >= 0.3 is 0 Å². The molecule has 0 radical (unpaired) electrons. The topological polar surface area (TPSA) is 17.1 Å². The molecule has 0 heterocycles. The van der Waals surface area contributed by atoms with Crippen molar-refractivity contribution in [1.29, 1.82) is 0 Å². The lowest BCUT2D eigenvalue weighted by Crippen LogP contribution is -2.05. The molecule has 92 valence electrons. The maximum Gasteiger partial charge on any atom is 0.194 e. The quantitative estimate of drug-likeness (QED) is 0.737. The normalized spacial score (nSPS) is 10.4. The fourth-order valence-corrected chi connectivity index (χ4v) is 2.05. The molecule has 3 heteroatoms. The van der Waals surface area contributed by atoms with Crippen molar-refractivity contribution in [3.63, 3.8) is 0 Å². The van der Waals surface area contributed by atoms with E-state index in [1.165, 1.54) is 12.1 Å². The van der Waals surface area contributed by atoms with Crippen molar-refractivity contribution in [3.05, 3.63) is 69.5 Å². The lowest BCUT2D eigenvalue weighted by molar-refractivity contribution is 0.103. The van der Waals surface area contributed by atoms with E-state index in [1.807, 2.05) is 32.0 Å². The first-order valence-corrected chi connectivity index (χ1v) is 5.94. The average Bonchev–Trinajstić information content (AvgIpc) is 2.31. The van der Waals surface area contributed by atoms with E-state index in [0.717, 1.165) is 17.2 Å². The highest BCUT2D eigenvalue weighted by molar-refractivity contribution is 6.35. The molecule has 0 saturated carbocycles. The second-order valence-corrected chi connectivity index (χ2v) is 4.68. The van der Waals surface area contributed by atoms with Gasteiger partial charge in [0.2, 0.25) is 0 Å². The first-order chi connectivity index (χ1) is 8.49. The van der Waals surface area contributed by atoms with Crippen molar-refractivity contribution < 1.29 is 9.18 Å². The van der Waals surface area contributed by atoms with Crippen LogP contribution in [0.1, 0.15) is 27.0 Å². The van der Waals surface area contributed by atoms with Gasteiger partial charge in [0.15, 0.2) is 5.78 Å². The Morgan fingerprint density at radius 2 is 1.78 bits per heavy atom. The molecule has 0 bridgehead atoms. The molecule has 2 aromatic carbocycles. The first kappa shape index (κ1) is 12.8. The SMILES string of the molecule is Cc1ccc(C)c(C(=O)c2ccc(F)cc2Cl)c1. The zero-order chi connectivity index (χ0) is 13.3. The van der Waals surface area contributed by atoms with Crippen molar-refractivity contribution in [1.82, 2.24) is 0 Å². The number of carbonyl (C=O) groups excluding carboxylic acids is 1. The summed E-state index contributed by atoms with van der Waals surface area (Å²) in [5.41, 5.74) is 2.81. The Morgan fingerprint density at radius 1 is 1.06 bits per heavy atom. The second-order valence-electron chi connectivity index (χ2n) is 4.27. The van der Waals surface area contributed by atoms with Crippen molar-refractivity contribution in [2.45, 2.75) is 13.8 Å². The third-order valence-electron chi connectivity index (χ3n) is 2.81. The summed E-state index contributed by atoms with van der Waals surface area (Å²) in [6.07, 6.45) is 0. The molecule has 0 fully saturated rings. The second kappa shape index (κ2) is 4.91. The summed E-state index contributed by atoms with van der Waals surface area (Å²) >= 11 is 5.91. The van der Waals surface area contributed by atoms with Crippen molar-refractivity contribution >= 4 is 17.4 Å². The van der Waals surface area contributed by atoms with Gasteiger partial charge in [0.05, 0.1) is 5.02 Å². The minimum Gasteiger partial charge on any atom is -0.289 e. The number of aryl methyl sites for hydroxylation is 2. The largest absolute Gasteiger partial charge is 0.289 e. The third-order valence-corrected chi connectivity index (χ3v) is 3.13.